The van der Waals surface area contributed by atoms with Crippen molar-refractivity contribution in [1.82, 2.24) is 9.97 Å². The number of hydrogen-bond donors (Lipinski definition) is 1. The Kier molecular flexibility index (Phi) is 3.90. The molecule has 1 unspecified atom stereocenters. The van der Waals surface area contributed by atoms with Crippen molar-refractivity contribution >= 4 is 11.6 Å². The molecule has 0 radical (unpaired) electrons. The van der Waals surface area contributed by atoms with E-state index < -0.39 is 23.2 Å². The fourth-order valence-corrected chi connectivity index (χ4v) is 1.75. The van der Waals surface area contributed by atoms with Crippen LogP contribution in [0.1, 0.15) is 12.5 Å². The maximum atomic E-state index is 13.7. The molecule has 0 bridgehead atoms. The molecule has 3 nitrogen and oxygen atoms in total. The Morgan fingerprint density at radius 1 is 1.14 bits per heavy atom. The van der Waals surface area contributed by atoms with E-state index in [0.717, 1.165) is 24.5 Å². The predicted octanol–water partition coefficient (Wildman–Crippen LogP) is 3.71. The van der Waals surface area contributed by atoms with Crippen molar-refractivity contribution in [2.45, 2.75) is 18.7 Å². The number of nitrogens with zero attached hydrogens (tertiary/aromatic N) is 2. The molecular formula is C13H9ClF4N2O. The zero-order valence-corrected chi connectivity index (χ0v) is 11.4. The number of pyridine rings is 2. The fraction of sp³-hybridized carbons (Fsp3) is 0.231. The molecule has 2 aromatic heterocycles. The molecule has 0 aliphatic rings. The van der Waals surface area contributed by atoms with Gasteiger partial charge in [0, 0.05) is 24.0 Å². The first-order valence-corrected chi connectivity index (χ1v) is 6.08. The zero-order chi connectivity index (χ0) is 15.8. The first-order chi connectivity index (χ1) is 9.63. The second-order valence-corrected chi connectivity index (χ2v) is 4.88. The summed E-state index contributed by atoms with van der Waals surface area (Å²) in [6.07, 6.45) is -2.87. The molecule has 0 aliphatic heterocycles. The minimum absolute atomic E-state index is 0.00222. The second-order valence-electron chi connectivity index (χ2n) is 4.49. The van der Waals surface area contributed by atoms with Crippen LogP contribution in [0.15, 0.2) is 30.6 Å². The molecule has 2 aromatic rings. The van der Waals surface area contributed by atoms with Gasteiger partial charge in [-0.1, -0.05) is 17.7 Å². The van der Waals surface area contributed by atoms with Crippen LogP contribution in [0.4, 0.5) is 17.6 Å². The molecule has 0 saturated carbocycles. The lowest BCUT2D eigenvalue weighted by Crippen LogP contribution is -2.39. The third-order valence-corrected chi connectivity index (χ3v) is 3.18. The Labute approximate surface area is 122 Å². The molecule has 0 aromatic carbocycles. The Balaban J connectivity index is 2.40. The molecule has 0 spiro atoms. The summed E-state index contributed by atoms with van der Waals surface area (Å²) in [6.45, 7) is 0.619. The number of halogens is 5. The van der Waals surface area contributed by atoms with Crippen LogP contribution < -0.4 is 0 Å². The van der Waals surface area contributed by atoms with Crippen molar-refractivity contribution in [2.24, 2.45) is 0 Å². The normalized spacial score (nSPS) is 14.8. The third kappa shape index (κ3) is 2.98. The van der Waals surface area contributed by atoms with E-state index >= 15 is 0 Å². The van der Waals surface area contributed by atoms with Crippen molar-refractivity contribution in [3.63, 3.8) is 0 Å². The number of hydrogen-bond acceptors (Lipinski definition) is 3. The Bertz CT molecular complexity index is 656. The summed E-state index contributed by atoms with van der Waals surface area (Å²) in [4.78, 5) is 7.42. The van der Waals surface area contributed by atoms with Gasteiger partial charge >= 0.3 is 6.18 Å². The molecule has 2 heterocycles. The summed E-state index contributed by atoms with van der Waals surface area (Å²) in [6, 6.07) is 3.17. The van der Waals surface area contributed by atoms with Crippen LogP contribution in [0.5, 0.6) is 0 Å². The highest BCUT2D eigenvalue weighted by molar-refractivity contribution is 6.29. The van der Waals surface area contributed by atoms with E-state index in [0.29, 0.717) is 6.92 Å². The van der Waals surface area contributed by atoms with E-state index in [4.69, 9.17) is 11.6 Å². The van der Waals surface area contributed by atoms with Crippen LogP contribution in [0.2, 0.25) is 5.15 Å². The van der Waals surface area contributed by atoms with Gasteiger partial charge in [0.2, 0.25) is 0 Å². The first kappa shape index (κ1) is 15.7. The molecule has 0 aliphatic carbocycles. The smallest absolute Gasteiger partial charge is 0.376 e. The van der Waals surface area contributed by atoms with E-state index in [1.165, 1.54) is 6.07 Å². The van der Waals surface area contributed by atoms with E-state index in [9.17, 15) is 22.7 Å². The van der Waals surface area contributed by atoms with Gasteiger partial charge in [0.1, 0.15) is 11.0 Å². The van der Waals surface area contributed by atoms with Crippen LogP contribution in [-0.4, -0.2) is 21.3 Å². The average Bonchev–Trinajstić information content (AvgIpc) is 2.37. The highest BCUT2D eigenvalue weighted by Crippen LogP contribution is 2.38. The van der Waals surface area contributed by atoms with Gasteiger partial charge in [0.25, 0.3) is 0 Å². The SMILES string of the molecule is CC(O)(c1ccc(-c2cnc(Cl)cc2F)nc1)C(F)(F)F. The minimum Gasteiger partial charge on any atom is -0.376 e. The molecule has 0 saturated heterocycles. The molecular weight excluding hydrogens is 312 g/mol. The maximum Gasteiger partial charge on any atom is 0.421 e. The van der Waals surface area contributed by atoms with Gasteiger partial charge in [-0.15, -0.1) is 0 Å². The van der Waals surface area contributed by atoms with Crippen LogP contribution in [-0.2, 0) is 5.60 Å². The second kappa shape index (κ2) is 5.23. The van der Waals surface area contributed by atoms with Gasteiger partial charge < -0.3 is 5.11 Å². The van der Waals surface area contributed by atoms with Crippen molar-refractivity contribution < 1.29 is 22.7 Å². The monoisotopic (exact) mass is 320 g/mol. The summed E-state index contributed by atoms with van der Waals surface area (Å²) in [7, 11) is 0. The van der Waals surface area contributed by atoms with E-state index in [1.54, 1.807) is 0 Å². The summed E-state index contributed by atoms with van der Waals surface area (Å²) >= 11 is 5.51. The number of aromatic nitrogens is 2. The number of aliphatic hydroxyl groups is 1. The predicted molar refractivity (Wildman–Crippen MR) is 68.1 cm³/mol. The third-order valence-electron chi connectivity index (χ3n) is 2.97. The lowest BCUT2D eigenvalue weighted by molar-refractivity contribution is -0.259. The number of rotatable bonds is 2. The van der Waals surface area contributed by atoms with E-state index in [-0.39, 0.29) is 16.4 Å². The van der Waals surface area contributed by atoms with Crippen molar-refractivity contribution in [2.75, 3.05) is 0 Å². The Morgan fingerprint density at radius 3 is 2.29 bits per heavy atom. The summed E-state index contributed by atoms with van der Waals surface area (Å²) in [5, 5.41) is 9.46. The Hall–Kier alpha value is -1.73. The topological polar surface area (TPSA) is 46.0 Å². The lowest BCUT2D eigenvalue weighted by atomic mass is 9.96. The highest BCUT2D eigenvalue weighted by Gasteiger charge is 2.51. The molecule has 8 heteroatoms. The van der Waals surface area contributed by atoms with Gasteiger partial charge in [0.05, 0.1) is 11.3 Å². The van der Waals surface area contributed by atoms with Crippen LogP contribution in [0.25, 0.3) is 11.3 Å². The molecule has 0 fully saturated rings. The molecule has 112 valence electrons. The average molecular weight is 321 g/mol. The van der Waals surface area contributed by atoms with E-state index in [2.05, 4.69) is 9.97 Å². The van der Waals surface area contributed by atoms with Gasteiger partial charge in [-0.05, 0) is 13.0 Å². The molecule has 1 atom stereocenters. The summed E-state index contributed by atoms with van der Waals surface area (Å²) in [5.74, 6) is -0.696. The summed E-state index contributed by atoms with van der Waals surface area (Å²) in [5.41, 5.74) is -3.40. The van der Waals surface area contributed by atoms with E-state index in [1.807, 2.05) is 0 Å². The standard InChI is InChI=1S/C13H9ClF4N2O/c1-12(21,13(16,17)18)7-2-3-10(19-5-7)8-6-20-11(14)4-9(8)15/h2-6,21H,1H3. The van der Waals surface area contributed by atoms with Crippen LogP contribution in [0.3, 0.4) is 0 Å². The lowest BCUT2D eigenvalue weighted by Gasteiger charge is -2.26. The fourth-order valence-electron chi connectivity index (χ4n) is 1.60. The van der Waals surface area contributed by atoms with Crippen LogP contribution >= 0.6 is 11.6 Å². The van der Waals surface area contributed by atoms with Gasteiger partial charge in [0.15, 0.2) is 5.60 Å². The van der Waals surface area contributed by atoms with Crippen LogP contribution in [0, 0.1) is 5.82 Å². The summed E-state index contributed by atoms with van der Waals surface area (Å²) < 4.78 is 51.7. The van der Waals surface area contributed by atoms with Crippen molar-refractivity contribution in [1.29, 1.82) is 0 Å². The largest absolute Gasteiger partial charge is 0.421 e. The van der Waals surface area contributed by atoms with Gasteiger partial charge in [-0.3, -0.25) is 4.98 Å². The highest BCUT2D eigenvalue weighted by atomic mass is 35.5. The first-order valence-electron chi connectivity index (χ1n) is 5.70. The minimum atomic E-state index is -4.84. The molecule has 1 N–H and O–H groups in total. The van der Waals surface area contributed by atoms with Crippen molar-refractivity contribution in [3.8, 4) is 11.3 Å². The quantitative estimate of drug-likeness (QED) is 0.678. The molecule has 0 amide bonds. The molecule has 2 rings (SSSR count). The zero-order valence-electron chi connectivity index (χ0n) is 10.6. The van der Waals surface area contributed by atoms with Crippen molar-refractivity contribution in [3.05, 3.63) is 47.1 Å². The van der Waals surface area contributed by atoms with Gasteiger partial charge in [-0.2, -0.15) is 13.2 Å². The Morgan fingerprint density at radius 2 is 1.81 bits per heavy atom. The van der Waals surface area contributed by atoms with Gasteiger partial charge in [-0.25, -0.2) is 9.37 Å². The maximum absolute atomic E-state index is 13.7. The number of alkyl halides is 3. The molecule has 21 heavy (non-hydrogen) atoms.